The van der Waals surface area contributed by atoms with Gasteiger partial charge in [0.25, 0.3) is 0 Å². The summed E-state index contributed by atoms with van der Waals surface area (Å²) in [5.41, 5.74) is 1.94. The van der Waals surface area contributed by atoms with E-state index in [9.17, 15) is 0 Å². The highest BCUT2D eigenvalue weighted by molar-refractivity contribution is 5.61. The quantitative estimate of drug-likeness (QED) is 0.857. The average Bonchev–Trinajstić information content (AvgIpc) is 2.83. The number of anilines is 1. The van der Waals surface area contributed by atoms with Crippen LogP contribution in [0.5, 0.6) is 0 Å². The monoisotopic (exact) mass is 233 g/mol. The van der Waals surface area contributed by atoms with Crippen LogP contribution in [0, 0.1) is 0 Å². The Morgan fingerprint density at radius 1 is 1.47 bits per heavy atom. The Morgan fingerprint density at radius 2 is 2.35 bits per heavy atom. The van der Waals surface area contributed by atoms with Crippen LogP contribution in [0.1, 0.15) is 6.92 Å². The number of hydrogen-bond donors (Lipinski definition) is 1. The first-order valence-corrected chi connectivity index (χ1v) is 5.42. The molecule has 2 rings (SSSR count). The molecule has 2 aromatic rings. The van der Waals surface area contributed by atoms with Crippen LogP contribution in [0.4, 0.5) is 5.69 Å². The fourth-order valence-electron chi connectivity index (χ4n) is 1.62. The van der Waals surface area contributed by atoms with Gasteiger partial charge in [-0.3, -0.25) is 0 Å². The molecule has 5 heteroatoms. The summed E-state index contributed by atoms with van der Waals surface area (Å²) in [6, 6.07) is 8.12. The number of methoxy groups -OCH3 is 1. The highest BCUT2D eigenvalue weighted by Gasteiger charge is 2.05. The van der Waals surface area contributed by atoms with Crippen LogP contribution >= 0.6 is 0 Å². The van der Waals surface area contributed by atoms with Gasteiger partial charge in [-0.2, -0.15) is 4.98 Å². The summed E-state index contributed by atoms with van der Waals surface area (Å²) in [6.07, 6.45) is 1.32. The van der Waals surface area contributed by atoms with E-state index in [1.54, 1.807) is 7.11 Å². The van der Waals surface area contributed by atoms with Gasteiger partial charge in [0.1, 0.15) is 0 Å². The van der Waals surface area contributed by atoms with Crippen LogP contribution in [0.25, 0.3) is 11.4 Å². The Labute approximate surface area is 99.8 Å². The molecule has 0 radical (unpaired) electrons. The predicted octanol–water partition coefficient (Wildman–Crippen LogP) is 2.18. The molecule has 5 nitrogen and oxygen atoms in total. The molecule has 0 aliphatic carbocycles. The minimum Gasteiger partial charge on any atom is -0.383 e. The number of benzene rings is 1. The third kappa shape index (κ3) is 3.04. The SMILES string of the molecule is COC[C@@H](C)Nc1cccc(-c2ncon2)c1. The highest BCUT2D eigenvalue weighted by atomic mass is 16.5. The smallest absolute Gasteiger partial charge is 0.214 e. The summed E-state index contributed by atoms with van der Waals surface area (Å²) >= 11 is 0. The van der Waals surface area contributed by atoms with Crippen molar-refractivity contribution in [3.8, 4) is 11.4 Å². The lowest BCUT2D eigenvalue weighted by molar-refractivity contribution is 0.190. The van der Waals surface area contributed by atoms with Crippen LogP contribution in [0.3, 0.4) is 0 Å². The predicted molar refractivity (Wildman–Crippen MR) is 64.7 cm³/mol. The largest absolute Gasteiger partial charge is 0.383 e. The van der Waals surface area contributed by atoms with E-state index in [1.165, 1.54) is 6.39 Å². The lowest BCUT2D eigenvalue weighted by Crippen LogP contribution is -2.20. The Bertz CT molecular complexity index is 457. The fourth-order valence-corrected chi connectivity index (χ4v) is 1.62. The second kappa shape index (κ2) is 5.45. The molecule has 0 saturated heterocycles. The summed E-state index contributed by atoms with van der Waals surface area (Å²) in [5.74, 6) is 0.591. The van der Waals surface area contributed by atoms with E-state index in [2.05, 4.69) is 22.4 Å². The second-order valence-corrected chi connectivity index (χ2v) is 3.84. The third-order valence-corrected chi connectivity index (χ3v) is 2.31. The van der Waals surface area contributed by atoms with Crippen LogP contribution in [-0.2, 0) is 4.74 Å². The van der Waals surface area contributed by atoms with Gasteiger partial charge in [-0.15, -0.1) is 0 Å². The maximum atomic E-state index is 5.08. The number of aromatic nitrogens is 2. The molecule has 0 saturated carbocycles. The van der Waals surface area contributed by atoms with Gasteiger partial charge in [0.2, 0.25) is 12.2 Å². The van der Waals surface area contributed by atoms with E-state index in [4.69, 9.17) is 9.26 Å². The zero-order chi connectivity index (χ0) is 12.1. The zero-order valence-corrected chi connectivity index (χ0v) is 9.88. The van der Waals surface area contributed by atoms with Crippen molar-refractivity contribution in [2.45, 2.75) is 13.0 Å². The summed E-state index contributed by atoms with van der Waals surface area (Å²) in [6.45, 7) is 2.72. The van der Waals surface area contributed by atoms with Gasteiger partial charge in [-0.1, -0.05) is 17.3 Å². The molecule has 1 N–H and O–H groups in total. The van der Waals surface area contributed by atoms with Crippen molar-refractivity contribution < 1.29 is 9.26 Å². The molecule has 0 bridgehead atoms. The zero-order valence-electron chi connectivity index (χ0n) is 9.88. The molecule has 0 fully saturated rings. The Hall–Kier alpha value is -1.88. The summed E-state index contributed by atoms with van der Waals surface area (Å²) < 4.78 is 9.80. The number of rotatable bonds is 5. The van der Waals surface area contributed by atoms with Crippen LogP contribution in [0.15, 0.2) is 35.2 Å². The first kappa shape index (κ1) is 11.6. The van der Waals surface area contributed by atoms with Crippen LogP contribution in [-0.4, -0.2) is 29.9 Å². The van der Waals surface area contributed by atoms with Gasteiger partial charge in [0, 0.05) is 24.4 Å². The molecule has 90 valence electrons. The standard InChI is InChI=1S/C12H15N3O2/c1-9(7-16-2)14-11-5-3-4-10(6-11)12-13-8-17-15-12/h3-6,8-9,14H,7H2,1-2H3/t9-/m1/s1. The molecule has 1 aromatic carbocycles. The van der Waals surface area contributed by atoms with Gasteiger partial charge < -0.3 is 14.6 Å². The van der Waals surface area contributed by atoms with E-state index >= 15 is 0 Å². The van der Waals surface area contributed by atoms with Crippen LogP contribution in [0.2, 0.25) is 0 Å². The van der Waals surface area contributed by atoms with Gasteiger partial charge in [-0.05, 0) is 19.1 Å². The lowest BCUT2D eigenvalue weighted by Gasteiger charge is -2.14. The van der Waals surface area contributed by atoms with E-state index in [-0.39, 0.29) is 6.04 Å². The number of ether oxygens (including phenoxy) is 1. The first-order valence-electron chi connectivity index (χ1n) is 5.42. The molecule has 17 heavy (non-hydrogen) atoms. The van der Waals surface area contributed by atoms with Crippen molar-refractivity contribution >= 4 is 5.69 Å². The normalized spacial score (nSPS) is 12.4. The van der Waals surface area contributed by atoms with Gasteiger partial charge in [0.15, 0.2) is 0 Å². The van der Waals surface area contributed by atoms with E-state index in [0.717, 1.165) is 11.3 Å². The van der Waals surface area contributed by atoms with Crippen molar-refractivity contribution in [1.82, 2.24) is 10.1 Å². The second-order valence-electron chi connectivity index (χ2n) is 3.84. The van der Waals surface area contributed by atoms with E-state index in [0.29, 0.717) is 12.4 Å². The van der Waals surface area contributed by atoms with Crippen molar-refractivity contribution in [2.75, 3.05) is 19.0 Å². The first-order chi connectivity index (χ1) is 8.29. The van der Waals surface area contributed by atoms with Crippen molar-refractivity contribution in [3.63, 3.8) is 0 Å². The van der Waals surface area contributed by atoms with Crippen molar-refractivity contribution in [2.24, 2.45) is 0 Å². The van der Waals surface area contributed by atoms with Gasteiger partial charge >= 0.3 is 0 Å². The molecule has 1 atom stereocenters. The van der Waals surface area contributed by atoms with Gasteiger partial charge in [-0.25, -0.2) is 0 Å². The maximum absolute atomic E-state index is 5.08. The number of nitrogens with one attached hydrogen (secondary N) is 1. The third-order valence-electron chi connectivity index (χ3n) is 2.31. The maximum Gasteiger partial charge on any atom is 0.214 e. The van der Waals surface area contributed by atoms with E-state index < -0.39 is 0 Å². The summed E-state index contributed by atoms with van der Waals surface area (Å²) in [7, 11) is 1.69. The Morgan fingerprint density at radius 3 is 3.06 bits per heavy atom. The fraction of sp³-hybridized carbons (Fsp3) is 0.333. The minimum atomic E-state index is 0.250. The lowest BCUT2D eigenvalue weighted by atomic mass is 10.2. The van der Waals surface area contributed by atoms with Crippen LogP contribution < -0.4 is 5.32 Å². The minimum absolute atomic E-state index is 0.250. The Balaban J connectivity index is 2.12. The molecular formula is C12H15N3O2. The molecule has 1 aromatic heterocycles. The molecule has 0 unspecified atom stereocenters. The van der Waals surface area contributed by atoms with Crippen molar-refractivity contribution in [1.29, 1.82) is 0 Å². The molecule has 0 amide bonds. The number of nitrogens with zero attached hydrogens (tertiary/aromatic N) is 2. The highest BCUT2D eigenvalue weighted by Crippen LogP contribution is 2.19. The average molecular weight is 233 g/mol. The van der Waals surface area contributed by atoms with Crippen molar-refractivity contribution in [3.05, 3.63) is 30.7 Å². The topological polar surface area (TPSA) is 60.2 Å². The molecule has 0 aliphatic rings. The molecular weight excluding hydrogens is 218 g/mol. The molecule has 1 heterocycles. The summed E-state index contributed by atoms with van der Waals surface area (Å²) in [4.78, 5) is 4.01. The van der Waals surface area contributed by atoms with E-state index in [1.807, 2.05) is 24.3 Å². The molecule has 0 spiro atoms. The number of hydrogen-bond acceptors (Lipinski definition) is 5. The van der Waals surface area contributed by atoms with Gasteiger partial charge in [0.05, 0.1) is 6.61 Å². The summed E-state index contributed by atoms with van der Waals surface area (Å²) in [5, 5.41) is 7.14. The molecule has 0 aliphatic heterocycles. The Kier molecular flexibility index (Phi) is 3.72.